The zero-order valence-electron chi connectivity index (χ0n) is 23.7. The lowest BCUT2D eigenvalue weighted by Gasteiger charge is -2.24. The number of carbonyl (C=O) groups is 1. The molecule has 0 radical (unpaired) electrons. The van der Waals surface area contributed by atoms with Gasteiger partial charge >= 0.3 is 5.97 Å². The molecular weight excluding hydrogens is 575 g/mol. The molecule has 1 atom stereocenters. The molecule has 0 bridgehead atoms. The summed E-state index contributed by atoms with van der Waals surface area (Å²) in [5, 5.41) is 9.51. The van der Waals surface area contributed by atoms with Gasteiger partial charge in [0, 0.05) is 23.6 Å². The smallest absolute Gasteiger partial charge is 0.335 e. The van der Waals surface area contributed by atoms with Crippen molar-refractivity contribution in [2.75, 3.05) is 19.8 Å². The molecule has 1 N–H and O–H groups in total. The largest absolute Gasteiger partial charge is 0.478 e. The Morgan fingerprint density at radius 1 is 0.977 bits per heavy atom. The van der Waals surface area contributed by atoms with Crippen molar-refractivity contribution in [1.29, 1.82) is 0 Å². The normalized spacial score (nSPS) is 15.0. The number of benzene rings is 3. The van der Waals surface area contributed by atoms with Gasteiger partial charge in [-0.2, -0.15) is 0 Å². The summed E-state index contributed by atoms with van der Waals surface area (Å²) in [6.07, 6.45) is -0.382. The lowest BCUT2D eigenvalue weighted by Crippen LogP contribution is -2.32. The van der Waals surface area contributed by atoms with Gasteiger partial charge in [-0.15, -0.1) is 0 Å². The number of aromatic carboxylic acids is 1. The highest BCUT2D eigenvalue weighted by atomic mass is 19.1. The Kier molecular flexibility index (Phi) is 8.32. The zero-order valence-corrected chi connectivity index (χ0v) is 23.7. The molecule has 44 heavy (non-hydrogen) atoms. The number of imidazole rings is 1. The molecule has 0 saturated carbocycles. The van der Waals surface area contributed by atoms with Gasteiger partial charge in [0.2, 0.25) is 5.88 Å². The van der Waals surface area contributed by atoms with E-state index >= 15 is 8.78 Å². The summed E-state index contributed by atoms with van der Waals surface area (Å²) >= 11 is 0. The van der Waals surface area contributed by atoms with Gasteiger partial charge in [0.05, 0.1) is 54.8 Å². The fourth-order valence-electron chi connectivity index (χ4n) is 5.15. The highest BCUT2D eigenvalue weighted by molar-refractivity contribution is 5.92. The van der Waals surface area contributed by atoms with E-state index in [0.29, 0.717) is 48.8 Å². The van der Waals surface area contributed by atoms with E-state index in [9.17, 15) is 14.3 Å². The van der Waals surface area contributed by atoms with E-state index in [1.807, 2.05) is 0 Å². The standard InChI is InChI=1S/C33H28F3N3O5/c1-19-5-6-21(25(34)11-19)17-44-32-4-2-3-28(38-32)24-15-26(35)22(12-27(24)36)14-31-37-29-8-7-20(33(40)41)13-30(29)39(31)16-23-18-42-9-10-43-23/h2-8,11-13,15,23H,9-10,14,16-18H2,1H3,(H,40,41)/t23-/m0/s1. The molecule has 0 unspecified atom stereocenters. The summed E-state index contributed by atoms with van der Waals surface area (Å²) in [5.74, 6) is -2.31. The minimum Gasteiger partial charge on any atom is -0.478 e. The second-order valence-corrected chi connectivity index (χ2v) is 10.6. The maximum absolute atomic E-state index is 15.5. The fraction of sp³-hybridized carbons (Fsp3) is 0.242. The maximum atomic E-state index is 15.5. The van der Waals surface area contributed by atoms with Crippen LogP contribution in [0.2, 0.25) is 0 Å². The summed E-state index contributed by atoms with van der Waals surface area (Å²) in [6.45, 7) is 3.23. The third kappa shape index (κ3) is 6.29. The number of hydrogen-bond donors (Lipinski definition) is 1. The second-order valence-electron chi connectivity index (χ2n) is 10.6. The number of rotatable bonds is 9. The number of aromatic nitrogens is 3. The van der Waals surface area contributed by atoms with E-state index in [4.69, 9.17) is 14.2 Å². The van der Waals surface area contributed by atoms with Gasteiger partial charge in [-0.05, 0) is 60.5 Å². The Labute approximate surface area is 250 Å². The first kappa shape index (κ1) is 29.3. The molecule has 226 valence electrons. The van der Waals surface area contributed by atoms with E-state index in [-0.39, 0.29) is 47.4 Å². The zero-order chi connectivity index (χ0) is 30.8. The summed E-state index contributed by atoms with van der Waals surface area (Å²) in [4.78, 5) is 20.6. The number of nitrogens with zero attached hydrogens (tertiary/aromatic N) is 3. The minimum atomic E-state index is -1.09. The topological polar surface area (TPSA) is 95.7 Å². The van der Waals surface area contributed by atoms with Gasteiger partial charge in [-0.1, -0.05) is 18.2 Å². The predicted molar refractivity (Wildman–Crippen MR) is 155 cm³/mol. The Morgan fingerprint density at radius 2 is 1.82 bits per heavy atom. The van der Waals surface area contributed by atoms with Gasteiger partial charge in [-0.3, -0.25) is 0 Å². The molecule has 3 aromatic carbocycles. The van der Waals surface area contributed by atoms with Crippen LogP contribution >= 0.6 is 0 Å². The minimum absolute atomic E-state index is 0.0596. The summed E-state index contributed by atoms with van der Waals surface area (Å²) in [7, 11) is 0. The lowest BCUT2D eigenvalue weighted by atomic mass is 10.0. The monoisotopic (exact) mass is 603 g/mol. The number of aryl methyl sites for hydroxylation is 1. The van der Waals surface area contributed by atoms with Crippen molar-refractivity contribution in [2.24, 2.45) is 0 Å². The van der Waals surface area contributed by atoms with Crippen LogP contribution in [-0.4, -0.2) is 51.5 Å². The third-order valence-corrected chi connectivity index (χ3v) is 7.41. The van der Waals surface area contributed by atoms with E-state index in [0.717, 1.165) is 17.7 Å². The van der Waals surface area contributed by atoms with Crippen molar-refractivity contribution in [1.82, 2.24) is 14.5 Å². The first-order valence-electron chi connectivity index (χ1n) is 14.0. The lowest BCUT2D eigenvalue weighted by molar-refractivity contribution is -0.0934. The fourth-order valence-corrected chi connectivity index (χ4v) is 5.15. The van der Waals surface area contributed by atoms with Gasteiger partial charge in [0.25, 0.3) is 0 Å². The summed E-state index contributed by atoms with van der Waals surface area (Å²) in [6, 6.07) is 16.2. The summed E-state index contributed by atoms with van der Waals surface area (Å²) in [5.41, 5.74) is 2.41. The molecule has 8 nitrogen and oxygen atoms in total. The van der Waals surface area contributed by atoms with E-state index in [1.165, 1.54) is 24.3 Å². The van der Waals surface area contributed by atoms with Crippen LogP contribution in [0.4, 0.5) is 13.2 Å². The molecule has 0 amide bonds. The Morgan fingerprint density at radius 3 is 2.59 bits per heavy atom. The molecule has 2 aromatic heterocycles. The van der Waals surface area contributed by atoms with Crippen LogP contribution in [0.3, 0.4) is 0 Å². The average molecular weight is 604 g/mol. The van der Waals surface area contributed by atoms with Crippen LogP contribution in [0.5, 0.6) is 5.88 Å². The molecule has 0 spiro atoms. The number of fused-ring (bicyclic) bond motifs is 1. The van der Waals surface area contributed by atoms with Crippen molar-refractivity contribution >= 4 is 17.0 Å². The quantitative estimate of drug-likeness (QED) is 0.217. The number of pyridine rings is 1. The maximum Gasteiger partial charge on any atom is 0.335 e. The Balaban J connectivity index is 1.27. The Bertz CT molecular complexity index is 1850. The van der Waals surface area contributed by atoms with E-state index < -0.39 is 23.4 Å². The van der Waals surface area contributed by atoms with Gasteiger partial charge in [0.15, 0.2) is 0 Å². The first-order valence-corrected chi connectivity index (χ1v) is 14.0. The molecule has 11 heteroatoms. The predicted octanol–water partition coefficient (Wildman–Crippen LogP) is 6.11. The highest BCUT2D eigenvalue weighted by Crippen LogP contribution is 2.29. The van der Waals surface area contributed by atoms with Crippen LogP contribution in [0.25, 0.3) is 22.3 Å². The summed E-state index contributed by atoms with van der Waals surface area (Å²) < 4.78 is 63.9. The molecular formula is C33H28F3N3O5. The molecule has 1 aliphatic rings. The van der Waals surface area contributed by atoms with Crippen molar-refractivity contribution in [3.63, 3.8) is 0 Å². The van der Waals surface area contributed by atoms with Gasteiger partial charge in [-0.25, -0.2) is 27.9 Å². The molecule has 1 fully saturated rings. The number of carboxylic acid groups (broad SMARTS) is 1. The van der Waals surface area contributed by atoms with Gasteiger partial charge < -0.3 is 23.9 Å². The SMILES string of the molecule is Cc1ccc(COc2cccc(-c3cc(F)c(Cc4nc5ccc(C(=O)O)cc5n4C[C@H]4COCCO4)cc3F)n2)c(F)c1. The molecule has 1 aliphatic heterocycles. The molecule has 0 aliphatic carbocycles. The van der Waals surface area contributed by atoms with E-state index in [2.05, 4.69) is 9.97 Å². The van der Waals surface area contributed by atoms with Crippen LogP contribution in [0, 0.1) is 24.4 Å². The van der Waals surface area contributed by atoms with Crippen molar-refractivity contribution in [2.45, 2.75) is 32.6 Å². The molecule has 1 saturated heterocycles. The number of ether oxygens (including phenoxy) is 3. The highest BCUT2D eigenvalue weighted by Gasteiger charge is 2.22. The number of hydrogen-bond acceptors (Lipinski definition) is 6. The first-order chi connectivity index (χ1) is 21.2. The second kappa shape index (κ2) is 12.5. The molecule has 6 rings (SSSR count). The van der Waals surface area contributed by atoms with Crippen molar-refractivity contribution in [3.05, 3.63) is 112 Å². The van der Waals surface area contributed by atoms with Crippen LogP contribution in [0.15, 0.2) is 66.7 Å². The van der Waals surface area contributed by atoms with Crippen LogP contribution in [-0.2, 0) is 29.0 Å². The van der Waals surface area contributed by atoms with Crippen molar-refractivity contribution in [3.8, 4) is 17.1 Å². The Hall–Kier alpha value is -4.74. The van der Waals surface area contributed by atoms with Crippen molar-refractivity contribution < 1.29 is 37.3 Å². The molecule has 3 heterocycles. The van der Waals surface area contributed by atoms with Crippen LogP contribution < -0.4 is 4.74 Å². The number of carboxylic acids is 1. The van der Waals surface area contributed by atoms with Crippen LogP contribution in [0.1, 0.15) is 32.9 Å². The van der Waals surface area contributed by atoms with Gasteiger partial charge in [0.1, 0.15) is 29.9 Å². The van der Waals surface area contributed by atoms with E-state index in [1.54, 1.807) is 41.8 Å². The average Bonchev–Trinajstić information content (AvgIpc) is 3.34. The number of halogens is 3. The molecule has 5 aromatic rings. The third-order valence-electron chi connectivity index (χ3n) is 7.41.